The quantitative estimate of drug-likeness (QED) is 0.574. The van der Waals surface area contributed by atoms with Crippen LogP contribution in [0.1, 0.15) is 36.7 Å². The van der Waals surface area contributed by atoms with Gasteiger partial charge in [-0.25, -0.2) is 15.8 Å². The molecule has 0 aliphatic rings. The topological polar surface area (TPSA) is 75.9 Å². The predicted octanol–water partition coefficient (Wildman–Crippen LogP) is 4.01. The van der Waals surface area contributed by atoms with Gasteiger partial charge in [0.15, 0.2) is 0 Å². The average molecular weight is 350 g/mol. The average Bonchev–Trinajstić information content (AvgIpc) is 2.45. The molecule has 0 fully saturated rings. The van der Waals surface area contributed by atoms with E-state index >= 15 is 0 Å². The van der Waals surface area contributed by atoms with E-state index in [0.29, 0.717) is 5.82 Å². The van der Waals surface area contributed by atoms with Crippen molar-refractivity contribution in [1.29, 1.82) is 0 Å². The third kappa shape index (κ3) is 3.33. The number of aryl methyl sites for hydroxylation is 1. The smallest absolute Gasteiger partial charge is 0.148 e. The second-order valence-electron chi connectivity index (χ2n) is 5.26. The molecule has 0 radical (unpaired) electrons. The van der Waals surface area contributed by atoms with Crippen LogP contribution in [0.25, 0.3) is 0 Å². The van der Waals surface area contributed by atoms with Crippen molar-refractivity contribution in [2.24, 2.45) is 5.84 Å². The molecule has 2 rings (SSSR count). The van der Waals surface area contributed by atoms with Crippen molar-refractivity contribution in [1.82, 2.24) is 9.97 Å². The largest absolute Gasteiger partial charge is 0.339 e. The molecule has 112 valence electrons. The Balaban J connectivity index is 2.48. The van der Waals surface area contributed by atoms with Gasteiger partial charge in [-0.2, -0.15) is 0 Å². The summed E-state index contributed by atoms with van der Waals surface area (Å²) in [6, 6.07) is 6.06. The first-order valence-electron chi connectivity index (χ1n) is 6.81. The van der Waals surface area contributed by atoms with Gasteiger partial charge in [0.05, 0.1) is 5.69 Å². The van der Waals surface area contributed by atoms with Gasteiger partial charge in [-0.15, -0.1) is 0 Å². The molecule has 0 bridgehead atoms. The molecule has 6 heteroatoms. The Bertz CT molecular complexity index is 655. The van der Waals surface area contributed by atoms with Crippen molar-refractivity contribution in [3.63, 3.8) is 0 Å². The van der Waals surface area contributed by atoms with Gasteiger partial charge in [-0.1, -0.05) is 26.0 Å². The highest BCUT2D eigenvalue weighted by molar-refractivity contribution is 9.10. The number of hydrogen-bond donors (Lipinski definition) is 3. The molecule has 0 amide bonds. The number of nitrogens with two attached hydrogens (primary N) is 1. The summed E-state index contributed by atoms with van der Waals surface area (Å²) in [5.41, 5.74) is 5.65. The van der Waals surface area contributed by atoms with Crippen LogP contribution in [0.5, 0.6) is 0 Å². The molecule has 0 saturated heterocycles. The van der Waals surface area contributed by atoms with Crippen LogP contribution in [0, 0.1) is 13.8 Å². The molecule has 0 spiro atoms. The van der Waals surface area contributed by atoms with Crippen molar-refractivity contribution in [2.75, 3.05) is 10.7 Å². The molecule has 4 N–H and O–H groups in total. The standard InChI is InChI=1S/C15H20BrN5/c1-8(2)13-19-14(10(4)15(20-13)21-17)18-11-7-5-6-9(3)12(11)16/h5-8H,17H2,1-4H3,(H2,18,19,20,21). The van der Waals surface area contributed by atoms with Gasteiger partial charge in [0.25, 0.3) is 0 Å². The number of halogens is 1. The maximum absolute atomic E-state index is 5.56. The lowest BCUT2D eigenvalue weighted by atomic mass is 10.2. The summed E-state index contributed by atoms with van der Waals surface area (Å²) in [4.78, 5) is 9.04. The zero-order chi connectivity index (χ0) is 15.6. The highest BCUT2D eigenvalue weighted by atomic mass is 79.9. The summed E-state index contributed by atoms with van der Waals surface area (Å²) >= 11 is 3.60. The van der Waals surface area contributed by atoms with E-state index in [1.54, 1.807) is 0 Å². The Labute approximate surface area is 133 Å². The monoisotopic (exact) mass is 349 g/mol. The Kier molecular flexibility index (Phi) is 4.80. The van der Waals surface area contributed by atoms with Gasteiger partial charge in [0, 0.05) is 16.0 Å². The molecule has 5 nitrogen and oxygen atoms in total. The van der Waals surface area contributed by atoms with Crippen molar-refractivity contribution in [2.45, 2.75) is 33.6 Å². The molecule has 0 atom stereocenters. The first-order valence-corrected chi connectivity index (χ1v) is 7.60. The van der Waals surface area contributed by atoms with Crippen LogP contribution in [-0.2, 0) is 0 Å². The van der Waals surface area contributed by atoms with Gasteiger partial charge >= 0.3 is 0 Å². The van der Waals surface area contributed by atoms with Crippen LogP contribution in [0.4, 0.5) is 17.3 Å². The summed E-state index contributed by atoms with van der Waals surface area (Å²) in [6.45, 7) is 8.09. The molecule has 1 heterocycles. The lowest BCUT2D eigenvalue weighted by molar-refractivity contribution is 0.774. The number of rotatable bonds is 4. The summed E-state index contributed by atoms with van der Waals surface area (Å²) in [6.07, 6.45) is 0. The van der Waals surface area contributed by atoms with Crippen molar-refractivity contribution in [3.05, 3.63) is 39.6 Å². The summed E-state index contributed by atoms with van der Waals surface area (Å²) in [5.74, 6) is 7.93. The number of hydrazine groups is 1. The van der Waals surface area contributed by atoms with Crippen molar-refractivity contribution in [3.8, 4) is 0 Å². The molecule has 1 aromatic heterocycles. The predicted molar refractivity (Wildman–Crippen MR) is 90.8 cm³/mol. The Morgan fingerprint density at radius 3 is 2.43 bits per heavy atom. The minimum absolute atomic E-state index is 0.221. The fraction of sp³-hybridized carbons (Fsp3) is 0.333. The lowest BCUT2D eigenvalue weighted by Crippen LogP contribution is -2.14. The third-order valence-corrected chi connectivity index (χ3v) is 4.31. The SMILES string of the molecule is Cc1cccc(Nc2nc(C(C)C)nc(NN)c2C)c1Br. The van der Waals surface area contributed by atoms with E-state index in [9.17, 15) is 0 Å². The fourth-order valence-corrected chi connectivity index (χ4v) is 2.29. The zero-order valence-corrected chi connectivity index (χ0v) is 14.2. The van der Waals surface area contributed by atoms with Gasteiger partial charge < -0.3 is 10.7 Å². The highest BCUT2D eigenvalue weighted by Crippen LogP contribution is 2.31. The number of aromatic nitrogens is 2. The van der Waals surface area contributed by atoms with Crippen LogP contribution in [0.2, 0.25) is 0 Å². The molecule has 2 aromatic rings. The first kappa shape index (κ1) is 15.7. The zero-order valence-electron chi connectivity index (χ0n) is 12.7. The number of nitrogens with one attached hydrogen (secondary N) is 2. The number of benzene rings is 1. The van der Waals surface area contributed by atoms with E-state index in [0.717, 1.165) is 32.9 Å². The molecule has 21 heavy (non-hydrogen) atoms. The third-order valence-electron chi connectivity index (χ3n) is 3.26. The second-order valence-corrected chi connectivity index (χ2v) is 6.06. The second kappa shape index (κ2) is 6.41. The Morgan fingerprint density at radius 2 is 1.81 bits per heavy atom. The number of nitrogens with zero attached hydrogens (tertiary/aromatic N) is 2. The van der Waals surface area contributed by atoms with Crippen LogP contribution in [0.15, 0.2) is 22.7 Å². The van der Waals surface area contributed by atoms with E-state index in [1.807, 2.05) is 19.1 Å². The molecular weight excluding hydrogens is 330 g/mol. The minimum atomic E-state index is 0.221. The lowest BCUT2D eigenvalue weighted by Gasteiger charge is -2.16. The van der Waals surface area contributed by atoms with Crippen molar-refractivity contribution >= 4 is 33.3 Å². The molecule has 0 unspecified atom stereocenters. The molecule has 0 aliphatic heterocycles. The van der Waals surface area contributed by atoms with Gasteiger partial charge in [0.2, 0.25) is 0 Å². The molecule has 0 aliphatic carbocycles. The van der Waals surface area contributed by atoms with Gasteiger partial charge in [-0.3, -0.25) is 0 Å². The van der Waals surface area contributed by atoms with E-state index in [1.165, 1.54) is 0 Å². The summed E-state index contributed by atoms with van der Waals surface area (Å²) in [7, 11) is 0. The first-order chi connectivity index (χ1) is 9.93. The maximum Gasteiger partial charge on any atom is 0.148 e. The minimum Gasteiger partial charge on any atom is -0.339 e. The maximum atomic E-state index is 5.56. The summed E-state index contributed by atoms with van der Waals surface area (Å²) in [5, 5.41) is 3.36. The van der Waals surface area contributed by atoms with E-state index in [-0.39, 0.29) is 5.92 Å². The molecule has 0 saturated carbocycles. The van der Waals surface area contributed by atoms with Crippen molar-refractivity contribution < 1.29 is 0 Å². The number of hydrogen-bond acceptors (Lipinski definition) is 5. The summed E-state index contributed by atoms with van der Waals surface area (Å²) < 4.78 is 1.02. The highest BCUT2D eigenvalue weighted by Gasteiger charge is 2.13. The molecule has 1 aromatic carbocycles. The van der Waals surface area contributed by atoms with Crippen LogP contribution < -0.4 is 16.6 Å². The van der Waals surface area contributed by atoms with Crippen LogP contribution >= 0.6 is 15.9 Å². The van der Waals surface area contributed by atoms with E-state index in [4.69, 9.17) is 5.84 Å². The van der Waals surface area contributed by atoms with Crippen LogP contribution in [0.3, 0.4) is 0 Å². The number of anilines is 3. The fourth-order valence-electron chi connectivity index (χ4n) is 1.93. The normalized spacial score (nSPS) is 10.8. The molecular formula is C15H20BrN5. The Morgan fingerprint density at radius 1 is 1.14 bits per heavy atom. The number of nitrogen functional groups attached to an aromatic ring is 1. The van der Waals surface area contributed by atoms with Crippen LogP contribution in [-0.4, -0.2) is 9.97 Å². The van der Waals surface area contributed by atoms with E-state index < -0.39 is 0 Å². The van der Waals surface area contributed by atoms with Gasteiger partial charge in [-0.05, 0) is 41.4 Å². The van der Waals surface area contributed by atoms with E-state index in [2.05, 4.69) is 63.5 Å². The van der Waals surface area contributed by atoms with Gasteiger partial charge in [0.1, 0.15) is 17.5 Å². The Hall–Kier alpha value is -1.66.